The van der Waals surface area contributed by atoms with Gasteiger partial charge in [0.15, 0.2) is 0 Å². The van der Waals surface area contributed by atoms with Gasteiger partial charge in [-0.05, 0) is 49.2 Å². The fourth-order valence-electron chi connectivity index (χ4n) is 5.48. The van der Waals surface area contributed by atoms with Crippen molar-refractivity contribution < 1.29 is 22.6 Å². The molecular formula is C27H31F3N2O2. The summed E-state index contributed by atoms with van der Waals surface area (Å²) in [6.07, 6.45) is -4.17. The summed E-state index contributed by atoms with van der Waals surface area (Å²) in [4.78, 5) is 4.56. The number of alkyl halides is 3. The molecule has 3 fully saturated rings. The molecule has 0 saturated carbocycles. The average molecular weight is 473 g/mol. The standard InChI is InChI=1S/C27H31F3N2O2/c1-18(2)34-26(16-33-17-26)23-6-4-20(5-7-23)19(3)31-12-21-14-32(15-22(21)13-31)25-10-8-24(9-11-25)27(28,29)30/h4-11,18,21-22H,3,12-17H2,1-2H3. The Morgan fingerprint density at radius 2 is 1.56 bits per heavy atom. The van der Waals surface area contributed by atoms with E-state index in [4.69, 9.17) is 9.47 Å². The third-order valence-corrected chi connectivity index (χ3v) is 7.30. The van der Waals surface area contributed by atoms with E-state index < -0.39 is 11.7 Å². The van der Waals surface area contributed by atoms with Crippen molar-refractivity contribution in [1.82, 2.24) is 4.90 Å². The number of nitrogens with zero attached hydrogens (tertiary/aromatic N) is 2. The second-order valence-electron chi connectivity index (χ2n) is 10.1. The Bertz CT molecular complexity index is 1020. The summed E-state index contributed by atoms with van der Waals surface area (Å²) in [6.45, 7) is 13.1. The molecule has 7 heteroatoms. The van der Waals surface area contributed by atoms with E-state index in [2.05, 4.69) is 40.6 Å². The monoisotopic (exact) mass is 472 g/mol. The molecule has 3 heterocycles. The summed E-state index contributed by atoms with van der Waals surface area (Å²) in [5, 5.41) is 0. The fraction of sp³-hybridized carbons (Fsp3) is 0.481. The number of hydrogen-bond acceptors (Lipinski definition) is 4. The molecule has 3 aliphatic heterocycles. The van der Waals surface area contributed by atoms with Crippen LogP contribution >= 0.6 is 0 Å². The largest absolute Gasteiger partial charge is 0.416 e. The van der Waals surface area contributed by atoms with E-state index in [-0.39, 0.29) is 11.7 Å². The Morgan fingerprint density at radius 1 is 0.971 bits per heavy atom. The zero-order valence-corrected chi connectivity index (χ0v) is 19.6. The highest BCUT2D eigenvalue weighted by Crippen LogP contribution is 2.39. The molecule has 5 rings (SSSR count). The summed E-state index contributed by atoms with van der Waals surface area (Å²) >= 11 is 0. The third-order valence-electron chi connectivity index (χ3n) is 7.30. The Labute approximate surface area is 198 Å². The lowest BCUT2D eigenvalue weighted by atomic mass is 9.90. The second-order valence-corrected chi connectivity index (χ2v) is 10.1. The highest BCUT2D eigenvalue weighted by Gasteiger charge is 2.43. The van der Waals surface area contributed by atoms with Gasteiger partial charge in [-0.15, -0.1) is 0 Å². The summed E-state index contributed by atoms with van der Waals surface area (Å²) in [6, 6.07) is 14.0. The topological polar surface area (TPSA) is 24.9 Å². The maximum absolute atomic E-state index is 12.9. The molecule has 3 aliphatic rings. The van der Waals surface area contributed by atoms with Crippen LogP contribution in [0.25, 0.3) is 5.70 Å². The molecule has 0 radical (unpaired) electrons. The number of anilines is 1. The maximum Gasteiger partial charge on any atom is 0.416 e. The van der Waals surface area contributed by atoms with Gasteiger partial charge in [-0.1, -0.05) is 30.8 Å². The van der Waals surface area contributed by atoms with Crippen LogP contribution in [-0.4, -0.2) is 50.4 Å². The first-order chi connectivity index (χ1) is 16.1. The molecule has 2 atom stereocenters. The molecule has 3 saturated heterocycles. The Morgan fingerprint density at radius 3 is 2.03 bits per heavy atom. The van der Waals surface area contributed by atoms with Gasteiger partial charge >= 0.3 is 6.18 Å². The van der Waals surface area contributed by atoms with Gasteiger partial charge in [-0.2, -0.15) is 13.2 Å². The molecule has 2 unspecified atom stereocenters. The maximum atomic E-state index is 12.9. The SMILES string of the molecule is C=C(c1ccc(C2(OC(C)C)COC2)cc1)N1CC2CN(c3ccc(C(F)(F)F)cc3)CC2C1. The number of fused-ring (bicyclic) bond motifs is 1. The van der Waals surface area contributed by atoms with Gasteiger partial charge in [0, 0.05) is 49.4 Å². The van der Waals surface area contributed by atoms with Gasteiger partial charge in [0.25, 0.3) is 0 Å². The van der Waals surface area contributed by atoms with Crippen molar-refractivity contribution >= 4 is 11.4 Å². The van der Waals surface area contributed by atoms with Crippen molar-refractivity contribution in [2.75, 3.05) is 44.3 Å². The van der Waals surface area contributed by atoms with Crippen LogP contribution in [0, 0.1) is 11.8 Å². The first-order valence-corrected chi connectivity index (χ1v) is 11.9. The minimum Gasteiger partial charge on any atom is -0.375 e. The van der Waals surface area contributed by atoms with Gasteiger partial charge in [-0.25, -0.2) is 0 Å². The van der Waals surface area contributed by atoms with Crippen LogP contribution in [0.2, 0.25) is 0 Å². The molecule has 0 amide bonds. The van der Waals surface area contributed by atoms with Crippen molar-refractivity contribution in [3.05, 3.63) is 71.8 Å². The summed E-state index contributed by atoms with van der Waals surface area (Å²) in [7, 11) is 0. The van der Waals surface area contributed by atoms with Crippen LogP contribution in [0.15, 0.2) is 55.1 Å². The van der Waals surface area contributed by atoms with E-state index in [1.54, 1.807) is 12.1 Å². The van der Waals surface area contributed by atoms with Crippen molar-refractivity contribution in [2.45, 2.75) is 31.7 Å². The molecule has 2 aromatic carbocycles. The van der Waals surface area contributed by atoms with E-state index in [0.29, 0.717) is 25.0 Å². The Kier molecular flexibility index (Phi) is 5.89. The normalized spacial score (nSPS) is 23.8. The van der Waals surface area contributed by atoms with Crippen LogP contribution in [0.5, 0.6) is 0 Å². The first kappa shape index (κ1) is 23.2. The lowest BCUT2D eigenvalue weighted by Crippen LogP contribution is -2.50. The fourth-order valence-corrected chi connectivity index (χ4v) is 5.48. The molecular weight excluding hydrogens is 441 g/mol. The zero-order valence-electron chi connectivity index (χ0n) is 19.6. The van der Waals surface area contributed by atoms with Crippen LogP contribution in [0.3, 0.4) is 0 Å². The molecule has 2 aromatic rings. The number of hydrogen-bond donors (Lipinski definition) is 0. The smallest absolute Gasteiger partial charge is 0.375 e. The number of halogens is 3. The number of rotatable bonds is 6. The molecule has 0 N–H and O–H groups in total. The lowest BCUT2D eigenvalue weighted by Gasteiger charge is -2.43. The average Bonchev–Trinajstić information content (AvgIpc) is 3.35. The third kappa shape index (κ3) is 4.31. The minimum atomic E-state index is -4.30. The Balaban J connectivity index is 1.20. The van der Waals surface area contributed by atoms with Gasteiger partial charge in [-0.3, -0.25) is 0 Å². The zero-order chi connectivity index (χ0) is 24.1. The molecule has 182 valence electrons. The summed E-state index contributed by atoms with van der Waals surface area (Å²) in [5.74, 6) is 0.960. The van der Waals surface area contributed by atoms with E-state index in [1.807, 2.05) is 13.8 Å². The van der Waals surface area contributed by atoms with E-state index >= 15 is 0 Å². The van der Waals surface area contributed by atoms with Gasteiger partial charge in [0.2, 0.25) is 0 Å². The van der Waals surface area contributed by atoms with Crippen LogP contribution < -0.4 is 4.90 Å². The molecule has 0 bridgehead atoms. The van der Waals surface area contributed by atoms with Gasteiger partial charge in [0.1, 0.15) is 5.60 Å². The Hall–Kier alpha value is -2.51. The van der Waals surface area contributed by atoms with Crippen LogP contribution in [0.4, 0.5) is 18.9 Å². The van der Waals surface area contributed by atoms with Crippen molar-refractivity contribution in [3.63, 3.8) is 0 Å². The van der Waals surface area contributed by atoms with E-state index in [1.165, 1.54) is 12.1 Å². The van der Waals surface area contributed by atoms with E-state index in [0.717, 1.165) is 48.7 Å². The summed E-state index contributed by atoms with van der Waals surface area (Å²) in [5.41, 5.74) is 3.17. The molecule has 0 spiro atoms. The predicted octanol–water partition coefficient (Wildman–Crippen LogP) is 5.39. The number of ether oxygens (including phenoxy) is 2. The van der Waals surface area contributed by atoms with Crippen molar-refractivity contribution in [2.24, 2.45) is 11.8 Å². The predicted molar refractivity (Wildman–Crippen MR) is 126 cm³/mol. The highest BCUT2D eigenvalue weighted by molar-refractivity contribution is 5.63. The molecule has 4 nitrogen and oxygen atoms in total. The van der Waals surface area contributed by atoms with E-state index in [9.17, 15) is 13.2 Å². The molecule has 0 aromatic heterocycles. The number of likely N-dealkylation sites (tertiary alicyclic amines) is 1. The molecule has 34 heavy (non-hydrogen) atoms. The van der Waals surface area contributed by atoms with Gasteiger partial charge in [0.05, 0.1) is 24.9 Å². The van der Waals surface area contributed by atoms with Crippen molar-refractivity contribution in [3.8, 4) is 0 Å². The van der Waals surface area contributed by atoms with Crippen LogP contribution in [-0.2, 0) is 21.3 Å². The molecule has 0 aliphatic carbocycles. The lowest BCUT2D eigenvalue weighted by molar-refractivity contribution is -0.232. The quantitative estimate of drug-likeness (QED) is 0.563. The highest BCUT2D eigenvalue weighted by atomic mass is 19.4. The van der Waals surface area contributed by atoms with Crippen molar-refractivity contribution in [1.29, 1.82) is 0 Å². The second kappa shape index (κ2) is 8.61. The van der Waals surface area contributed by atoms with Gasteiger partial charge < -0.3 is 19.3 Å². The number of benzene rings is 2. The first-order valence-electron chi connectivity index (χ1n) is 11.9. The summed E-state index contributed by atoms with van der Waals surface area (Å²) < 4.78 is 50.2. The van der Waals surface area contributed by atoms with Crippen LogP contribution in [0.1, 0.15) is 30.5 Å². The minimum absolute atomic E-state index is 0.129.